The molecule has 0 saturated carbocycles. The Morgan fingerprint density at radius 3 is 2.72 bits per heavy atom. The van der Waals surface area contributed by atoms with Crippen LogP contribution in [-0.2, 0) is 4.79 Å². The normalized spacial score (nSPS) is 11.7. The lowest BCUT2D eigenvalue weighted by Gasteiger charge is -2.13. The summed E-state index contributed by atoms with van der Waals surface area (Å²) in [4.78, 5) is 10.5. The topological polar surface area (TPSA) is 46.5 Å². The van der Waals surface area contributed by atoms with Crippen molar-refractivity contribution in [2.45, 2.75) is 26.7 Å². The van der Waals surface area contributed by atoms with Crippen molar-refractivity contribution in [3.8, 4) is 5.75 Å². The molecule has 0 radical (unpaired) electrons. The molecule has 0 unspecified atom stereocenters. The van der Waals surface area contributed by atoms with E-state index in [1.807, 2.05) is 30.3 Å². The van der Waals surface area contributed by atoms with Gasteiger partial charge in [0.15, 0.2) is 0 Å². The van der Waals surface area contributed by atoms with Crippen LogP contribution in [0.25, 0.3) is 5.57 Å². The van der Waals surface area contributed by atoms with Gasteiger partial charge in [0.25, 0.3) is 0 Å². The number of allylic oxidation sites excluding steroid dienone is 2. The summed E-state index contributed by atoms with van der Waals surface area (Å²) >= 11 is 0. The van der Waals surface area contributed by atoms with Crippen LogP contribution in [0, 0.1) is 5.92 Å². The van der Waals surface area contributed by atoms with E-state index in [0.717, 1.165) is 16.9 Å². The quantitative estimate of drug-likeness (QED) is 0.836. The highest BCUT2D eigenvalue weighted by Gasteiger charge is 2.07. The number of carboxylic acid groups (broad SMARTS) is 1. The van der Waals surface area contributed by atoms with Gasteiger partial charge in [-0.05, 0) is 35.6 Å². The molecule has 1 aromatic carbocycles. The number of aliphatic carboxylic acids is 1. The second-order valence-corrected chi connectivity index (χ2v) is 4.48. The fourth-order valence-corrected chi connectivity index (χ4v) is 1.84. The molecule has 1 N–H and O–H groups in total. The monoisotopic (exact) mass is 248 g/mol. The lowest BCUT2D eigenvalue weighted by molar-refractivity contribution is -0.136. The Kier molecular flexibility index (Phi) is 5.43. The van der Waals surface area contributed by atoms with Gasteiger partial charge >= 0.3 is 5.97 Å². The average molecular weight is 248 g/mol. The van der Waals surface area contributed by atoms with Crippen LogP contribution in [0.1, 0.15) is 32.3 Å². The molecule has 3 heteroatoms. The SMILES string of the molecule is COc1cccc(/C(=C/CCC(=O)O)C(C)C)c1. The Balaban J connectivity index is 2.93. The summed E-state index contributed by atoms with van der Waals surface area (Å²) in [6.07, 6.45) is 2.73. The van der Waals surface area contributed by atoms with Gasteiger partial charge in [-0.3, -0.25) is 4.79 Å². The number of hydrogen-bond donors (Lipinski definition) is 1. The Hall–Kier alpha value is -1.77. The summed E-state index contributed by atoms with van der Waals surface area (Å²) in [5.41, 5.74) is 2.25. The van der Waals surface area contributed by atoms with E-state index < -0.39 is 5.97 Å². The van der Waals surface area contributed by atoms with Crippen molar-refractivity contribution in [2.75, 3.05) is 7.11 Å². The molecule has 0 fully saturated rings. The summed E-state index contributed by atoms with van der Waals surface area (Å²) in [6, 6.07) is 7.85. The third-order valence-electron chi connectivity index (χ3n) is 2.75. The van der Waals surface area contributed by atoms with Gasteiger partial charge in [-0.15, -0.1) is 0 Å². The number of benzene rings is 1. The van der Waals surface area contributed by atoms with Gasteiger partial charge in [-0.1, -0.05) is 32.1 Å². The van der Waals surface area contributed by atoms with Gasteiger partial charge < -0.3 is 9.84 Å². The smallest absolute Gasteiger partial charge is 0.303 e. The van der Waals surface area contributed by atoms with Gasteiger partial charge in [0.2, 0.25) is 0 Å². The fraction of sp³-hybridized carbons (Fsp3) is 0.400. The number of methoxy groups -OCH3 is 1. The number of rotatable bonds is 6. The zero-order chi connectivity index (χ0) is 13.5. The van der Waals surface area contributed by atoms with Crippen LogP contribution in [-0.4, -0.2) is 18.2 Å². The van der Waals surface area contributed by atoms with E-state index in [1.165, 1.54) is 0 Å². The van der Waals surface area contributed by atoms with Crippen LogP contribution in [0.3, 0.4) is 0 Å². The molecule has 0 aromatic heterocycles. The molecule has 98 valence electrons. The van der Waals surface area contributed by atoms with Crippen LogP contribution in [0.5, 0.6) is 5.75 Å². The highest BCUT2D eigenvalue weighted by atomic mass is 16.5. The molecule has 0 saturated heterocycles. The Morgan fingerprint density at radius 2 is 2.17 bits per heavy atom. The summed E-state index contributed by atoms with van der Waals surface area (Å²) < 4.78 is 5.21. The predicted octanol–water partition coefficient (Wildman–Crippen LogP) is 3.60. The highest BCUT2D eigenvalue weighted by Crippen LogP contribution is 2.26. The minimum atomic E-state index is -0.764. The fourth-order valence-electron chi connectivity index (χ4n) is 1.84. The molecular weight excluding hydrogens is 228 g/mol. The van der Waals surface area contributed by atoms with Gasteiger partial charge in [0.1, 0.15) is 5.75 Å². The van der Waals surface area contributed by atoms with Crippen molar-refractivity contribution in [2.24, 2.45) is 5.92 Å². The Bertz CT molecular complexity index is 433. The molecule has 0 aliphatic heterocycles. The van der Waals surface area contributed by atoms with E-state index in [-0.39, 0.29) is 6.42 Å². The average Bonchev–Trinajstić information content (AvgIpc) is 2.34. The summed E-state index contributed by atoms with van der Waals surface area (Å²) in [7, 11) is 1.64. The van der Waals surface area contributed by atoms with E-state index in [0.29, 0.717) is 12.3 Å². The van der Waals surface area contributed by atoms with Crippen molar-refractivity contribution in [1.29, 1.82) is 0 Å². The maximum absolute atomic E-state index is 10.5. The molecule has 0 aliphatic rings. The molecule has 3 nitrogen and oxygen atoms in total. The maximum atomic E-state index is 10.5. The molecule has 0 atom stereocenters. The molecule has 0 bridgehead atoms. The second-order valence-electron chi connectivity index (χ2n) is 4.48. The molecule has 1 rings (SSSR count). The Labute approximate surface area is 108 Å². The van der Waals surface area contributed by atoms with E-state index in [2.05, 4.69) is 13.8 Å². The molecule has 0 amide bonds. The second kappa shape index (κ2) is 6.84. The van der Waals surface area contributed by atoms with Crippen LogP contribution in [0.15, 0.2) is 30.3 Å². The lowest BCUT2D eigenvalue weighted by atomic mass is 9.94. The highest BCUT2D eigenvalue weighted by molar-refractivity contribution is 5.70. The van der Waals surface area contributed by atoms with Crippen molar-refractivity contribution >= 4 is 11.5 Å². The van der Waals surface area contributed by atoms with Gasteiger partial charge in [-0.2, -0.15) is 0 Å². The van der Waals surface area contributed by atoms with E-state index >= 15 is 0 Å². The van der Waals surface area contributed by atoms with Crippen molar-refractivity contribution in [3.05, 3.63) is 35.9 Å². The molecule has 18 heavy (non-hydrogen) atoms. The standard InChI is InChI=1S/C15H20O3/c1-11(2)14(8-5-9-15(16)17)12-6-4-7-13(10-12)18-3/h4,6-8,10-11H,5,9H2,1-3H3,(H,16,17)/b14-8+. The first-order valence-corrected chi connectivity index (χ1v) is 6.11. The first-order valence-electron chi connectivity index (χ1n) is 6.11. The largest absolute Gasteiger partial charge is 0.497 e. The van der Waals surface area contributed by atoms with Gasteiger partial charge in [-0.25, -0.2) is 0 Å². The van der Waals surface area contributed by atoms with Crippen molar-refractivity contribution in [3.63, 3.8) is 0 Å². The number of ether oxygens (including phenoxy) is 1. The minimum Gasteiger partial charge on any atom is -0.497 e. The number of carbonyl (C=O) groups is 1. The van der Waals surface area contributed by atoms with E-state index in [9.17, 15) is 4.79 Å². The predicted molar refractivity (Wildman–Crippen MR) is 72.7 cm³/mol. The third kappa shape index (κ3) is 4.24. The van der Waals surface area contributed by atoms with Crippen molar-refractivity contribution in [1.82, 2.24) is 0 Å². The summed E-state index contributed by atoms with van der Waals surface area (Å²) in [5.74, 6) is 0.406. The Morgan fingerprint density at radius 1 is 1.44 bits per heavy atom. The first-order chi connectivity index (χ1) is 8.54. The minimum absolute atomic E-state index is 0.167. The van der Waals surface area contributed by atoms with E-state index in [1.54, 1.807) is 7.11 Å². The molecule has 0 spiro atoms. The number of hydrogen-bond acceptors (Lipinski definition) is 2. The first kappa shape index (κ1) is 14.3. The van der Waals surface area contributed by atoms with Crippen molar-refractivity contribution < 1.29 is 14.6 Å². The van der Waals surface area contributed by atoms with Crippen LogP contribution < -0.4 is 4.74 Å². The maximum Gasteiger partial charge on any atom is 0.303 e. The van der Waals surface area contributed by atoms with Crippen LogP contribution in [0.4, 0.5) is 0 Å². The molecule has 0 aliphatic carbocycles. The van der Waals surface area contributed by atoms with Gasteiger partial charge in [0, 0.05) is 6.42 Å². The number of carboxylic acids is 1. The molecular formula is C15H20O3. The van der Waals surface area contributed by atoms with E-state index in [4.69, 9.17) is 9.84 Å². The zero-order valence-corrected chi connectivity index (χ0v) is 11.1. The lowest BCUT2D eigenvalue weighted by Crippen LogP contribution is -1.97. The van der Waals surface area contributed by atoms with Crippen LogP contribution in [0.2, 0.25) is 0 Å². The summed E-state index contributed by atoms with van der Waals surface area (Å²) in [5, 5.41) is 8.67. The third-order valence-corrected chi connectivity index (χ3v) is 2.75. The molecule has 0 heterocycles. The van der Waals surface area contributed by atoms with Crippen LogP contribution >= 0.6 is 0 Å². The molecule has 1 aromatic rings. The summed E-state index contributed by atoms with van der Waals surface area (Å²) in [6.45, 7) is 4.21. The zero-order valence-electron chi connectivity index (χ0n) is 11.1. The van der Waals surface area contributed by atoms with Gasteiger partial charge in [0.05, 0.1) is 7.11 Å².